The highest BCUT2D eigenvalue weighted by Crippen LogP contribution is 2.20. The summed E-state index contributed by atoms with van der Waals surface area (Å²) in [6.07, 6.45) is 3.39. The number of likely N-dealkylation sites (tertiary alicyclic amines) is 1. The van der Waals surface area contributed by atoms with E-state index in [2.05, 4.69) is 4.98 Å². The smallest absolute Gasteiger partial charge is 0.409 e. The van der Waals surface area contributed by atoms with Crippen molar-refractivity contribution in [2.45, 2.75) is 19.8 Å². The Hall–Kier alpha value is -3.10. The highest BCUT2D eigenvalue weighted by molar-refractivity contribution is 6.02. The molecule has 29 heavy (non-hydrogen) atoms. The first-order valence-electron chi connectivity index (χ1n) is 10.1. The summed E-state index contributed by atoms with van der Waals surface area (Å²) in [7, 11) is 0. The number of carbonyl (C=O) groups excluding carboxylic acids is 3. The minimum Gasteiger partial charge on any atom is -0.450 e. The van der Waals surface area contributed by atoms with Gasteiger partial charge in [-0.15, -0.1) is 0 Å². The Morgan fingerprint density at radius 1 is 0.931 bits per heavy atom. The van der Waals surface area contributed by atoms with Crippen LogP contribution >= 0.6 is 0 Å². The molecule has 2 aromatic rings. The molecular weight excluding hydrogens is 374 g/mol. The summed E-state index contributed by atoms with van der Waals surface area (Å²) >= 11 is 0. The van der Waals surface area contributed by atoms with Crippen molar-refractivity contribution < 1.29 is 19.1 Å². The number of fused-ring (bicyclic) bond motifs is 1. The molecule has 2 aromatic heterocycles. The fraction of sp³-hybridized carbons (Fsp3) is 0.500. The van der Waals surface area contributed by atoms with Crippen LogP contribution in [-0.4, -0.2) is 87.9 Å². The summed E-state index contributed by atoms with van der Waals surface area (Å²) in [5.41, 5.74) is 0.957. The van der Waals surface area contributed by atoms with Gasteiger partial charge >= 0.3 is 6.09 Å². The zero-order valence-electron chi connectivity index (χ0n) is 16.5. The van der Waals surface area contributed by atoms with E-state index in [-0.39, 0.29) is 23.7 Å². The molecule has 2 saturated heterocycles. The van der Waals surface area contributed by atoms with Crippen LogP contribution in [-0.2, 0) is 4.74 Å². The van der Waals surface area contributed by atoms with E-state index >= 15 is 0 Å². The van der Waals surface area contributed by atoms with Crippen LogP contribution in [0.5, 0.6) is 0 Å². The number of piperazine rings is 1. The van der Waals surface area contributed by atoms with Crippen molar-refractivity contribution in [1.82, 2.24) is 24.1 Å². The summed E-state index contributed by atoms with van der Waals surface area (Å²) in [4.78, 5) is 47.5. The second kappa shape index (κ2) is 8.10. The van der Waals surface area contributed by atoms with E-state index < -0.39 is 0 Å². The lowest BCUT2D eigenvalue weighted by Gasteiger charge is -2.33. The fourth-order valence-corrected chi connectivity index (χ4v) is 3.86. The van der Waals surface area contributed by atoms with E-state index in [1.54, 1.807) is 32.2 Å². The van der Waals surface area contributed by atoms with Crippen LogP contribution in [0.15, 0.2) is 24.4 Å². The summed E-state index contributed by atoms with van der Waals surface area (Å²) < 4.78 is 6.71. The number of amides is 3. The van der Waals surface area contributed by atoms with Gasteiger partial charge in [-0.25, -0.2) is 9.78 Å². The largest absolute Gasteiger partial charge is 0.450 e. The highest BCUT2D eigenvalue weighted by Gasteiger charge is 2.31. The van der Waals surface area contributed by atoms with Crippen molar-refractivity contribution in [1.29, 1.82) is 0 Å². The maximum absolute atomic E-state index is 13.2. The third-order valence-corrected chi connectivity index (χ3v) is 5.43. The molecule has 2 fully saturated rings. The normalized spacial score (nSPS) is 17.1. The Morgan fingerprint density at radius 3 is 2.28 bits per heavy atom. The van der Waals surface area contributed by atoms with Gasteiger partial charge in [0, 0.05) is 45.5 Å². The Morgan fingerprint density at radius 2 is 1.59 bits per heavy atom. The average Bonchev–Trinajstić information content (AvgIpc) is 3.41. The molecule has 4 rings (SSSR count). The van der Waals surface area contributed by atoms with Gasteiger partial charge in [0.2, 0.25) is 5.82 Å². The third-order valence-electron chi connectivity index (χ3n) is 5.43. The maximum atomic E-state index is 13.2. The van der Waals surface area contributed by atoms with Gasteiger partial charge in [0.05, 0.1) is 12.1 Å². The van der Waals surface area contributed by atoms with Gasteiger partial charge in [-0.2, -0.15) is 0 Å². The zero-order valence-corrected chi connectivity index (χ0v) is 16.5. The van der Waals surface area contributed by atoms with E-state index in [1.165, 1.54) is 0 Å². The van der Waals surface area contributed by atoms with Gasteiger partial charge in [-0.1, -0.05) is 6.07 Å². The molecule has 0 spiro atoms. The van der Waals surface area contributed by atoms with Crippen molar-refractivity contribution in [3.63, 3.8) is 0 Å². The van der Waals surface area contributed by atoms with Gasteiger partial charge < -0.3 is 19.4 Å². The van der Waals surface area contributed by atoms with Crippen molar-refractivity contribution in [3.8, 4) is 0 Å². The quantitative estimate of drug-likeness (QED) is 0.780. The van der Waals surface area contributed by atoms with Crippen molar-refractivity contribution in [2.75, 3.05) is 45.9 Å². The lowest BCUT2D eigenvalue weighted by atomic mass is 10.3. The Kier molecular flexibility index (Phi) is 5.37. The van der Waals surface area contributed by atoms with Gasteiger partial charge in [-0.05, 0) is 31.9 Å². The predicted molar refractivity (Wildman–Crippen MR) is 105 cm³/mol. The number of nitrogens with zero attached hydrogens (tertiary/aromatic N) is 5. The zero-order chi connectivity index (χ0) is 20.4. The monoisotopic (exact) mass is 399 g/mol. The molecule has 0 N–H and O–H groups in total. The van der Waals surface area contributed by atoms with Crippen molar-refractivity contribution in [3.05, 3.63) is 35.9 Å². The fourth-order valence-electron chi connectivity index (χ4n) is 3.86. The second-order valence-corrected chi connectivity index (χ2v) is 7.22. The topological polar surface area (TPSA) is 87.5 Å². The first-order valence-corrected chi connectivity index (χ1v) is 10.1. The number of pyridine rings is 1. The number of aromatic nitrogens is 2. The molecule has 9 nitrogen and oxygen atoms in total. The molecule has 3 amide bonds. The molecule has 0 saturated carbocycles. The first kappa shape index (κ1) is 19.2. The Balaban J connectivity index is 1.55. The molecule has 0 unspecified atom stereocenters. The van der Waals surface area contributed by atoms with Gasteiger partial charge in [0.25, 0.3) is 11.8 Å². The summed E-state index contributed by atoms with van der Waals surface area (Å²) in [6, 6.07) is 5.46. The van der Waals surface area contributed by atoms with Crippen molar-refractivity contribution in [2.24, 2.45) is 0 Å². The predicted octanol–water partition coefficient (Wildman–Crippen LogP) is 1.48. The Bertz CT molecular complexity index is 926. The van der Waals surface area contributed by atoms with Crippen LogP contribution in [0.3, 0.4) is 0 Å². The second-order valence-electron chi connectivity index (χ2n) is 7.22. The van der Waals surface area contributed by atoms with Crippen LogP contribution in [0.4, 0.5) is 4.79 Å². The van der Waals surface area contributed by atoms with Gasteiger partial charge in [-0.3, -0.25) is 14.0 Å². The molecule has 0 bridgehead atoms. The van der Waals surface area contributed by atoms with Crippen LogP contribution in [0.25, 0.3) is 5.52 Å². The van der Waals surface area contributed by atoms with Crippen LogP contribution in [0.1, 0.15) is 40.9 Å². The minimum atomic E-state index is -0.357. The number of carbonyl (C=O) groups is 3. The summed E-state index contributed by atoms with van der Waals surface area (Å²) in [5, 5.41) is 0. The SMILES string of the molecule is CCOC(=O)N1CCN(C(=O)c2nc(C(=O)N3CCCC3)c3ccccn23)CC1. The molecule has 2 aliphatic rings. The van der Waals surface area contributed by atoms with Gasteiger partial charge in [0.15, 0.2) is 5.69 Å². The Labute approximate surface area is 168 Å². The molecule has 154 valence electrons. The number of imidazole rings is 1. The van der Waals surface area contributed by atoms with E-state index in [9.17, 15) is 14.4 Å². The maximum Gasteiger partial charge on any atom is 0.409 e. The van der Waals surface area contributed by atoms with Gasteiger partial charge in [0.1, 0.15) is 0 Å². The highest BCUT2D eigenvalue weighted by atomic mass is 16.6. The van der Waals surface area contributed by atoms with Crippen LogP contribution < -0.4 is 0 Å². The number of rotatable bonds is 3. The first-order chi connectivity index (χ1) is 14.1. The lowest BCUT2D eigenvalue weighted by Crippen LogP contribution is -2.51. The standard InChI is InChI=1S/C20H25N5O4/c1-2-29-20(28)24-13-11-23(12-14-24)19(27)17-21-16(15-7-3-4-10-25(15)17)18(26)22-8-5-6-9-22/h3-4,7,10H,2,5-6,8-9,11-14H2,1H3. The number of ether oxygens (including phenoxy) is 1. The third kappa shape index (κ3) is 3.64. The molecule has 0 aromatic carbocycles. The van der Waals surface area contributed by atoms with E-state index in [0.29, 0.717) is 44.0 Å². The molecule has 0 radical (unpaired) electrons. The molecule has 2 aliphatic heterocycles. The lowest BCUT2D eigenvalue weighted by molar-refractivity contribution is 0.0560. The van der Waals surface area contributed by atoms with Crippen LogP contribution in [0, 0.1) is 0 Å². The summed E-state index contributed by atoms with van der Waals surface area (Å²) in [6.45, 7) is 5.16. The summed E-state index contributed by atoms with van der Waals surface area (Å²) in [5.74, 6) is -0.139. The molecule has 4 heterocycles. The molecule has 0 atom stereocenters. The van der Waals surface area contributed by atoms with E-state index in [4.69, 9.17) is 4.74 Å². The number of hydrogen-bond acceptors (Lipinski definition) is 5. The number of hydrogen-bond donors (Lipinski definition) is 0. The van der Waals surface area contributed by atoms with Crippen LogP contribution in [0.2, 0.25) is 0 Å². The van der Waals surface area contributed by atoms with Crippen molar-refractivity contribution >= 4 is 23.4 Å². The average molecular weight is 399 g/mol. The molecule has 9 heteroatoms. The molecular formula is C20H25N5O4. The minimum absolute atomic E-state index is 0.127. The van der Waals surface area contributed by atoms with E-state index in [0.717, 1.165) is 25.9 Å². The molecule has 0 aliphatic carbocycles. The van der Waals surface area contributed by atoms with E-state index in [1.807, 2.05) is 18.2 Å².